The molecular formula is C16H15N3O2S. The van der Waals surface area contributed by atoms with Crippen LogP contribution in [0.15, 0.2) is 53.7 Å². The molecule has 0 bridgehead atoms. The predicted molar refractivity (Wildman–Crippen MR) is 83.8 cm³/mol. The smallest absolute Gasteiger partial charge is 0.245 e. The van der Waals surface area contributed by atoms with E-state index in [4.69, 9.17) is 0 Å². The standard InChI is InChI=1S/C16H15N3O2S/c20-22(21,15-10-18-16-14(15)6-3-8-17-16)19-9-7-12-4-1-2-5-13(12)11-19/h1-6,8,10H,7,9,11H2,(H,17,18). The highest BCUT2D eigenvalue weighted by Crippen LogP contribution is 2.28. The lowest BCUT2D eigenvalue weighted by atomic mass is 10.0. The Morgan fingerprint density at radius 1 is 1.09 bits per heavy atom. The minimum absolute atomic E-state index is 0.301. The SMILES string of the molecule is O=S(=O)(c1c[nH]c2ncccc12)N1CCc2ccccc2C1. The number of nitrogens with one attached hydrogen (secondary N) is 1. The summed E-state index contributed by atoms with van der Waals surface area (Å²) in [7, 11) is -3.53. The first kappa shape index (κ1) is 13.5. The fraction of sp³-hybridized carbons (Fsp3) is 0.188. The zero-order chi connectivity index (χ0) is 15.2. The lowest BCUT2D eigenvalue weighted by molar-refractivity contribution is 0.392. The van der Waals surface area contributed by atoms with E-state index < -0.39 is 10.0 Å². The summed E-state index contributed by atoms with van der Waals surface area (Å²) in [5.41, 5.74) is 2.91. The lowest BCUT2D eigenvalue weighted by Crippen LogP contribution is -2.35. The number of pyridine rings is 1. The maximum absolute atomic E-state index is 13.0. The Bertz CT molecular complexity index is 947. The Balaban J connectivity index is 1.76. The average molecular weight is 313 g/mol. The van der Waals surface area contributed by atoms with E-state index >= 15 is 0 Å². The summed E-state index contributed by atoms with van der Waals surface area (Å²) in [5, 5.41) is 0.640. The molecule has 4 rings (SSSR count). The number of aromatic nitrogens is 2. The Morgan fingerprint density at radius 2 is 1.91 bits per heavy atom. The molecule has 0 fully saturated rings. The van der Waals surface area contributed by atoms with Gasteiger partial charge in [0.2, 0.25) is 10.0 Å². The third-order valence-electron chi connectivity index (χ3n) is 4.13. The number of aromatic amines is 1. The number of benzene rings is 1. The van der Waals surface area contributed by atoms with Crippen LogP contribution in [0.1, 0.15) is 11.1 Å². The molecule has 0 unspecified atom stereocenters. The summed E-state index contributed by atoms with van der Waals surface area (Å²) in [6.45, 7) is 0.928. The molecule has 112 valence electrons. The molecule has 0 saturated heterocycles. The van der Waals surface area contributed by atoms with Crippen molar-refractivity contribution in [3.05, 3.63) is 59.9 Å². The summed E-state index contributed by atoms with van der Waals surface area (Å²) in [5.74, 6) is 0. The summed E-state index contributed by atoms with van der Waals surface area (Å²) >= 11 is 0. The summed E-state index contributed by atoms with van der Waals surface area (Å²) in [6, 6.07) is 11.5. The number of rotatable bonds is 2. The highest BCUT2D eigenvalue weighted by molar-refractivity contribution is 7.89. The molecule has 6 heteroatoms. The van der Waals surface area contributed by atoms with E-state index in [0.29, 0.717) is 29.0 Å². The van der Waals surface area contributed by atoms with Gasteiger partial charge in [0.25, 0.3) is 0 Å². The third-order valence-corrected chi connectivity index (χ3v) is 6.01. The number of hydrogen-bond donors (Lipinski definition) is 1. The summed E-state index contributed by atoms with van der Waals surface area (Å²) in [6.07, 6.45) is 3.93. The van der Waals surface area contributed by atoms with Crippen molar-refractivity contribution in [2.45, 2.75) is 17.9 Å². The highest BCUT2D eigenvalue weighted by atomic mass is 32.2. The van der Waals surface area contributed by atoms with Crippen molar-refractivity contribution in [2.24, 2.45) is 0 Å². The van der Waals surface area contributed by atoms with E-state index in [-0.39, 0.29) is 0 Å². The Labute approximate surface area is 128 Å². The summed E-state index contributed by atoms with van der Waals surface area (Å²) < 4.78 is 27.4. The third kappa shape index (κ3) is 2.03. The Kier molecular flexibility index (Phi) is 3.02. The molecule has 22 heavy (non-hydrogen) atoms. The van der Waals surface area contributed by atoms with E-state index in [1.54, 1.807) is 22.6 Å². The van der Waals surface area contributed by atoms with Crippen molar-refractivity contribution in [1.29, 1.82) is 0 Å². The van der Waals surface area contributed by atoms with Crippen molar-refractivity contribution in [3.8, 4) is 0 Å². The number of fused-ring (bicyclic) bond motifs is 2. The number of H-pyrrole nitrogens is 1. The van der Waals surface area contributed by atoms with Gasteiger partial charge in [0.15, 0.2) is 0 Å². The largest absolute Gasteiger partial charge is 0.345 e. The van der Waals surface area contributed by atoms with Gasteiger partial charge in [0.1, 0.15) is 10.5 Å². The molecule has 3 aromatic rings. The van der Waals surface area contributed by atoms with Crippen LogP contribution in [0.25, 0.3) is 11.0 Å². The van der Waals surface area contributed by atoms with Crippen molar-refractivity contribution in [2.75, 3.05) is 6.54 Å². The zero-order valence-corrected chi connectivity index (χ0v) is 12.7. The predicted octanol–water partition coefficient (Wildman–Crippen LogP) is 2.31. The normalized spacial score (nSPS) is 15.8. The van der Waals surface area contributed by atoms with E-state index in [1.165, 1.54) is 11.8 Å². The van der Waals surface area contributed by atoms with Gasteiger partial charge in [-0.25, -0.2) is 13.4 Å². The van der Waals surface area contributed by atoms with Crippen LogP contribution >= 0.6 is 0 Å². The topological polar surface area (TPSA) is 66.1 Å². The lowest BCUT2D eigenvalue weighted by Gasteiger charge is -2.27. The first-order valence-corrected chi connectivity index (χ1v) is 8.59. The molecule has 0 atom stereocenters. The van der Waals surface area contributed by atoms with Gasteiger partial charge in [0.05, 0.1) is 0 Å². The van der Waals surface area contributed by atoms with Gasteiger partial charge in [-0.05, 0) is 29.7 Å². The molecule has 3 heterocycles. The Morgan fingerprint density at radius 3 is 2.77 bits per heavy atom. The van der Waals surface area contributed by atoms with E-state index in [1.807, 2.05) is 18.2 Å². The molecule has 1 aliphatic rings. The van der Waals surface area contributed by atoms with Gasteiger partial charge < -0.3 is 4.98 Å². The van der Waals surface area contributed by atoms with Gasteiger partial charge in [0, 0.05) is 30.9 Å². The van der Waals surface area contributed by atoms with Crippen LogP contribution in [0, 0.1) is 0 Å². The monoisotopic (exact) mass is 313 g/mol. The molecule has 0 aliphatic carbocycles. The van der Waals surface area contributed by atoms with Gasteiger partial charge in [-0.1, -0.05) is 24.3 Å². The van der Waals surface area contributed by atoms with Crippen LogP contribution in [0.2, 0.25) is 0 Å². The molecule has 0 amide bonds. The minimum atomic E-state index is -3.53. The second-order valence-corrected chi connectivity index (χ2v) is 7.32. The number of nitrogens with zero attached hydrogens (tertiary/aromatic N) is 2. The fourth-order valence-electron chi connectivity index (χ4n) is 2.96. The molecule has 1 aliphatic heterocycles. The second kappa shape index (κ2) is 4.93. The molecule has 2 aromatic heterocycles. The Hall–Kier alpha value is -2.18. The molecule has 1 aromatic carbocycles. The van der Waals surface area contributed by atoms with Crippen molar-refractivity contribution in [1.82, 2.24) is 14.3 Å². The second-order valence-electron chi connectivity index (χ2n) is 5.41. The first-order chi connectivity index (χ1) is 10.7. The van der Waals surface area contributed by atoms with Gasteiger partial charge in [-0.3, -0.25) is 0 Å². The number of sulfonamides is 1. The average Bonchev–Trinajstić information content (AvgIpc) is 2.99. The molecule has 1 N–H and O–H groups in total. The minimum Gasteiger partial charge on any atom is -0.345 e. The quantitative estimate of drug-likeness (QED) is 0.789. The maximum atomic E-state index is 13.0. The molecule has 0 radical (unpaired) electrons. The van der Waals surface area contributed by atoms with E-state index in [0.717, 1.165) is 12.0 Å². The van der Waals surface area contributed by atoms with Gasteiger partial charge in [-0.15, -0.1) is 0 Å². The molecule has 0 spiro atoms. The van der Waals surface area contributed by atoms with E-state index in [9.17, 15) is 8.42 Å². The fourth-order valence-corrected chi connectivity index (χ4v) is 4.53. The van der Waals surface area contributed by atoms with Gasteiger partial charge >= 0.3 is 0 Å². The van der Waals surface area contributed by atoms with Crippen LogP contribution in [0.3, 0.4) is 0 Å². The zero-order valence-electron chi connectivity index (χ0n) is 11.9. The van der Waals surface area contributed by atoms with Crippen molar-refractivity contribution >= 4 is 21.1 Å². The summed E-state index contributed by atoms with van der Waals surface area (Å²) in [4.78, 5) is 7.39. The van der Waals surface area contributed by atoms with Crippen molar-refractivity contribution < 1.29 is 8.42 Å². The van der Waals surface area contributed by atoms with Crippen LogP contribution in [0.4, 0.5) is 0 Å². The molecular weight excluding hydrogens is 298 g/mol. The van der Waals surface area contributed by atoms with Crippen LogP contribution in [-0.2, 0) is 23.0 Å². The van der Waals surface area contributed by atoms with Crippen LogP contribution < -0.4 is 0 Å². The highest BCUT2D eigenvalue weighted by Gasteiger charge is 2.30. The van der Waals surface area contributed by atoms with Crippen molar-refractivity contribution in [3.63, 3.8) is 0 Å². The van der Waals surface area contributed by atoms with Crippen LogP contribution in [0.5, 0.6) is 0 Å². The first-order valence-electron chi connectivity index (χ1n) is 7.15. The maximum Gasteiger partial charge on any atom is 0.245 e. The number of hydrogen-bond acceptors (Lipinski definition) is 3. The van der Waals surface area contributed by atoms with Crippen LogP contribution in [-0.4, -0.2) is 29.2 Å². The molecule has 5 nitrogen and oxygen atoms in total. The van der Waals surface area contributed by atoms with Gasteiger partial charge in [-0.2, -0.15) is 4.31 Å². The molecule has 0 saturated carbocycles. The van der Waals surface area contributed by atoms with E-state index in [2.05, 4.69) is 16.0 Å².